The Hall–Kier alpha value is -2.82. The molecule has 0 bridgehead atoms. The number of nitrogens with one attached hydrogen (secondary N) is 2. The van der Waals surface area contributed by atoms with Crippen molar-refractivity contribution >= 4 is 28.6 Å². The van der Waals surface area contributed by atoms with E-state index in [9.17, 15) is 9.59 Å². The highest BCUT2D eigenvalue weighted by Crippen LogP contribution is 2.39. The van der Waals surface area contributed by atoms with E-state index in [0.717, 1.165) is 6.54 Å². The van der Waals surface area contributed by atoms with Crippen molar-refractivity contribution in [1.82, 2.24) is 0 Å². The SMILES string of the molecule is CCNc1cc(NCC(C)C)c(N)c2c1C(=O)c1ccccc1C2=O. The number of hydrogen-bond acceptors (Lipinski definition) is 5. The van der Waals surface area contributed by atoms with Gasteiger partial charge in [-0.05, 0) is 18.9 Å². The Bertz CT molecular complexity index is 856. The highest BCUT2D eigenvalue weighted by atomic mass is 16.1. The molecule has 0 saturated heterocycles. The minimum absolute atomic E-state index is 0.164. The molecule has 2 aromatic carbocycles. The van der Waals surface area contributed by atoms with Crippen LogP contribution in [0.4, 0.5) is 17.1 Å². The van der Waals surface area contributed by atoms with Crippen molar-refractivity contribution in [1.29, 1.82) is 0 Å². The van der Waals surface area contributed by atoms with E-state index in [2.05, 4.69) is 24.5 Å². The summed E-state index contributed by atoms with van der Waals surface area (Å²) in [5.41, 5.74) is 9.49. The highest BCUT2D eigenvalue weighted by Gasteiger charge is 2.34. The number of rotatable bonds is 5. The van der Waals surface area contributed by atoms with Crippen LogP contribution in [-0.4, -0.2) is 24.7 Å². The Morgan fingerprint density at radius 1 is 0.960 bits per heavy atom. The smallest absolute Gasteiger partial charge is 0.196 e. The minimum atomic E-state index is -0.199. The number of fused-ring (bicyclic) bond motifs is 2. The van der Waals surface area contributed by atoms with Gasteiger partial charge in [0.15, 0.2) is 11.6 Å². The zero-order valence-corrected chi connectivity index (χ0v) is 14.8. The zero-order chi connectivity index (χ0) is 18.1. The van der Waals surface area contributed by atoms with Crippen molar-refractivity contribution < 1.29 is 9.59 Å². The summed E-state index contributed by atoms with van der Waals surface area (Å²) in [5.74, 6) is 0.0642. The van der Waals surface area contributed by atoms with Gasteiger partial charge in [-0.1, -0.05) is 38.1 Å². The largest absolute Gasteiger partial charge is 0.396 e. The van der Waals surface area contributed by atoms with Gasteiger partial charge in [0.2, 0.25) is 0 Å². The van der Waals surface area contributed by atoms with Gasteiger partial charge in [-0.15, -0.1) is 0 Å². The summed E-state index contributed by atoms with van der Waals surface area (Å²) in [6.45, 7) is 7.51. The second-order valence-corrected chi connectivity index (χ2v) is 6.64. The molecule has 0 aromatic heterocycles. The summed E-state index contributed by atoms with van der Waals surface area (Å²) in [6, 6.07) is 8.73. The number of anilines is 3. The van der Waals surface area contributed by atoms with Crippen LogP contribution in [-0.2, 0) is 0 Å². The first-order valence-corrected chi connectivity index (χ1v) is 8.58. The van der Waals surface area contributed by atoms with Crippen LogP contribution < -0.4 is 16.4 Å². The summed E-state index contributed by atoms with van der Waals surface area (Å²) < 4.78 is 0. The first kappa shape index (κ1) is 17.0. The lowest BCUT2D eigenvalue weighted by Gasteiger charge is -2.24. The Morgan fingerprint density at radius 2 is 1.56 bits per heavy atom. The molecule has 0 radical (unpaired) electrons. The number of nitrogens with two attached hydrogens (primary N) is 1. The van der Waals surface area contributed by atoms with Crippen LogP contribution in [0.15, 0.2) is 30.3 Å². The number of carbonyl (C=O) groups is 2. The Balaban J connectivity index is 2.21. The molecule has 0 heterocycles. The second-order valence-electron chi connectivity index (χ2n) is 6.64. The molecule has 1 aliphatic carbocycles. The van der Waals surface area contributed by atoms with Crippen LogP contribution in [0.3, 0.4) is 0 Å². The normalized spacial score (nSPS) is 12.8. The molecule has 0 aliphatic heterocycles. The second kappa shape index (κ2) is 6.59. The lowest BCUT2D eigenvalue weighted by atomic mass is 9.82. The number of nitrogen functional groups attached to an aromatic ring is 1. The van der Waals surface area contributed by atoms with E-state index < -0.39 is 0 Å². The first-order valence-electron chi connectivity index (χ1n) is 8.58. The topological polar surface area (TPSA) is 84.2 Å². The Kier molecular flexibility index (Phi) is 4.49. The lowest BCUT2D eigenvalue weighted by molar-refractivity contribution is 0.0980. The lowest BCUT2D eigenvalue weighted by Crippen LogP contribution is -2.25. The van der Waals surface area contributed by atoms with E-state index >= 15 is 0 Å². The van der Waals surface area contributed by atoms with Gasteiger partial charge >= 0.3 is 0 Å². The van der Waals surface area contributed by atoms with Gasteiger partial charge in [0.25, 0.3) is 0 Å². The van der Waals surface area contributed by atoms with Gasteiger partial charge in [0.05, 0.1) is 22.5 Å². The van der Waals surface area contributed by atoms with Crippen LogP contribution >= 0.6 is 0 Å². The van der Waals surface area contributed by atoms with E-state index in [-0.39, 0.29) is 11.6 Å². The molecule has 2 aromatic rings. The minimum Gasteiger partial charge on any atom is -0.396 e. The molecule has 0 fully saturated rings. The van der Waals surface area contributed by atoms with Crippen molar-refractivity contribution in [3.8, 4) is 0 Å². The predicted octanol–water partition coefficient (Wildman–Crippen LogP) is 3.54. The van der Waals surface area contributed by atoms with Crippen LogP contribution in [0.1, 0.15) is 52.6 Å². The zero-order valence-electron chi connectivity index (χ0n) is 14.8. The third-order valence-electron chi connectivity index (χ3n) is 4.31. The molecular formula is C20H23N3O2. The van der Waals surface area contributed by atoms with Crippen molar-refractivity contribution in [2.45, 2.75) is 20.8 Å². The summed E-state index contributed by atoms with van der Waals surface area (Å²) in [4.78, 5) is 26.0. The first-order chi connectivity index (χ1) is 12.0. The maximum absolute atomic E-state index is 13.0. The van der Waals surface area contributed by atoms with Gasteiger partial charge in [-0.25, -0.2) is 0 Å². The van der Waals surface area contributed by atoms with Crippen LogP contribution in [0, 0.1) is 5.92 Å². The van der Waals surface area contributed by atoms with E-state index in [4.69, 9.17) is 5.73 Å². The number of ketones is 2. The van der Waals surface area contributed by atoms with Gasteiger partial charge < -0.3 is 16.4 Å². The molecule has 130 valence electrons. The fourth-order valence-corrected chi connectivity index (χ4v) is 3.11. The standard InChI is InChI=1S/C20H23N3O2/c1-4-22-14-9-15(23-10-11(2)3)18(21)17-16(14)19(24)12-7-5-6-8-13(12)20(17)25/h5-9,11,22-23H,4,10,21H2,1-3H3. The number of benzene rings is 2. The summed E-state index contributed by atoms with van der Waals surface area (Å²) in [6.07, 6.45) is 0. The molecule has 0 unspecified atom stereocenters. The third-order valence-corrected chi connectivity index (χ3v) is 4.31. The average molecular weight is 337 g/mol. The molecule has 4 N–H and O–H groups in total. The summed E-state index contributed by atoms with van der Waals surface area (Å²) in [7, 11) is 0. The maximum Gasteiger partial charge on any atom is 0.196 e. The molecule has 0 amide bonds. The van der Waals surface area contributed by atoms with E-state index in [1.807, 2.05) is 13.0 Å². The van der Waals surface area contributed by atoms with Gasteiger partial charge in [-0.2, -0.15) is 0 Å². The summed E-state index contributed by atoms with van der Waals surface area (Å²) >= 11 is 0. The number of hydrogen-bond donors (Lipinski definition) is 3. The monoisotopic (exact) mass is 337 g/mol. The quantitative estimate of drug-likeness (QED) is 0.620. The van der Waals surface area contributed by atoms with Crippen molar-refractivity contribution in [2.24, 2.45) is 5.92 Å². The van der Waals surface area contributed by atoms with E-state index in [1.54, 1.807) is 24.3 Å². The average Bonchev–Trinajstić information content (AvgIpc) is 2.59. The predicted molar refractivity (Wildman–Crippen MR) is 102 cm³/mol. The molecule has 0 spiro atoms. The molecular weight excluding hydrogens is 314 g/mol. The van der Waals surface area contributed by atoms with E-state index in [0.29, 0.717) is 51.8 Å². The fraction of sp³-hybridized carbons (Fsp3) is 0.300. The van der Waals surface area contributed by atoms with Crippen molar-refractivity contribution in [3.05, 3.63) is 52.6 Å². The highest BCUT2D eigenvalue weighted by molar-refractivity contribution is 6.32. The molecule has 3 rings (SSSR count). The van der Waals surface area contributed by atoms with Crippen LogP contribution in [0.2, 0.25) is 0 Å². The molecule has 0 atom stereocenters. The Labute approximate surface area is 147 Å². The maximum atomic E-state index is 13.0. The number of carbonyl (C=O) groups excluding carboxylic acids is 2. The third kappa shape index (κ3) is 2.86. The Morgan fingerprint density at radius 3 is 2.12 bits per heavy atom. The van der Waals surface area contributed by atoms with Crippen LogP contribution in [0.25, 0.3) is 0 Å². The van der Waals surface area contributed by atoms with Gasteiger partial charge in [0, 0.05) is 29.9 Å². The molecule has 1 aliphatic rings. The van der Waals surface area contributed by atoms with Crippen molar-refractivity contribution in [3.63, 3.8) is 0 Å². The molecule has 5 nitrogen and oxygen atoms in total. The fourth-order valence-electron chi connectivity index (χ4n) is 3.11. The van der Waals surface area contributed by atoms with Gasteiger partial charge in [-0.3, -0.25) is 9.59 Å². The van der Waals surface area contributed by atoms with Crippen molar-refractivity contribution in [2.75, 3.05) is 29.5 Å². The summed E-state index contributed by atoms with van der Waals surface area (Å²) in [5, 5.41) is 6.50. The molecule has 0 saturated carbocycles. The van der Waals surface area contributed by atoms with Gasteiger partial charge in [0.1, 0.15) is 0 Å². The molecule has 25 heavy (non-hydrogen) atoms. The van der Waals surface area contributed by atoms with E-state index in [1.165, 1.54) is 0 Å². The van der Waals surface area contributed by atoms with Crippen LogP contribution in [0.5, 0.6) is 0 Å². The molecule has 5 heteroatoms.